The number of pyridine rings is 1. The number of hydrogen-bond donors (Lipinski definition) is 1. The third kappa shape index (κ3) is 5.58. The molecule has 0 aliphatic carbocycles. The van der Waals surface area contributed by atoms with E-state index in [1.54, 1.807) is 48.7 Å². The predicted octanol–water partition coefficient (Wildman–Crippen LogP) is 5.94. The molecule has 0 amide bonds. The predicted molar refractivity (Wildman–Crippen MR) is 158 cm³/mol. The van der Waals surface area contributed by atoms with Crippen molar-refractivity contribution >= 4 is 28.4 Å². The van der Waals surface area contributed by atoms with Gasteiger partial charge in [0.1, 0.15) is 5.65 Å². The summed E-state index contributed by atoms with van der Waals surface area (Å²) in [5, 5.41) is 3.71. The molecule has 0 bridgehead atoms. The van der Waals surface area contributed by atoms with E-state index in [4.69, 9.17) is 0 Å². The third-order valence-electron chi connectivity index (χ3n) is 7.59. The topological polar surface area (TPSA) is 66.3 Å². The number of halogens is 3. The van der Waals surface area contributed by atoms with E-state index in [0.29, 0.717) is 10.9 Å². The SMILES string of the molecule is CN1CCN(c2ccc(Nc3ncc4ccc(=O)n(C(c5ccccc5)c5ccccc5C(F)(F)F)c4n3)cc2)CC1. The average molecular weight is 571 g/mol. The summed E-state index contributed by atoms with van der Waals surface area (Å²) in [6.45, 7) is 3.91. The zero-order chi connectivity index (χ0) is 29.3. The maximum atomic E-state index is 14.2. The zero-order valence-corrected chi connectivity index (χ0v) is 22.9. The van der Waals surface area contributed by atoms with Crippen molar-refractivity contribution in [2.24, 2.45) is 0 Å². The summed E-state index contributed by atoms with van der Waals surface area (Å²) in [6, 6.07) is 23.8. The van der Waals surface area contributed by atoms with Crippen molar-refractivity contribution in [2.75, 3.05) is 43.4 Å². The second-order valence-corrected chi connectivity index (χ2v) is 10.4. The largest absolute Gasteiger partial charge is 0.416 e. The number of alkyl halides is 3. The summed E-state index contributed by atoms with van der Waals surface area (Å²) < 4.78 is 43.9. The van der Waals surface area contributed by atoms with Crippen molar-refractivity contribution in [3.05, 3.63) is 124 Å². The lowest BCUT2D eigenvalue weighted by Gasteiger charge is -2.34. The van der Waals surface area contributed by atoms with Gasteiger partial charge in [0.25, 0.3) is 5.56 Å². The van der Waals surface area contributed by atoms with Gasteiger partial charge in [-0.1, -0.05) is 48.5 Å². The Balaban J connectivity index is 1.42. The Hall–Kier alpha value is -4.70. The molecule has 1 saturated heterocycles. The first-order chi connectivity index (χ1) is 20.3. The number of nitrogens with one attached hydrogen (secondary N) is 1. The van der Waals surface area contributed by atoms with Gasteiger partial charge in [-0.05, 0) is 54.6 Å². The lowest BCUT2D eigenvalue weighted by Crippen LogP contribution is -2.44. The van der Waals surface area contributed by atoms with Crippen LogP contribution in [0.25, 0.3) is 11.0 Å². The molecule has 1 atom stereocenters. The minimum absolute atomic E-state index is 0.0431. The van der Waals surface area contributed by atoms with E-state index in [-0.39, 0.29) is 17.2 Å². The van der Waals surface area contributed by atoms with Crippen LogP contribution < -0.4 is 15.8 Å². The molecule has 5 aromatic rings. The third-order valence-corrected chi connectivity index (χ3v) is 7.59. The molecule has 0 spiro atoms. The summed E-state index contributed by atoms with van der Waals surface area (Å²) in [4.78, 5) is 27.2. The molecule has 6 rings (SSSR count). The highest BCUT2D eigenvalue weighted by molar-refractivity contribution is 5.76. The monoisotopic (exact) mass is 570 g/mol. The van der Waals surface area contributed by atoms with Crippen molar-refractivity contribution in [3.63, 3.8) is 0 Å². The van der Waals surface area contributed by atoms with Crippen molar-refractivity contribution in [1.82, 2.24) is 19.4 Å². The Morgan fingerprint density at radius 2 is 1.52 bits per heavy atom. The summed E-state index contributed by atoms with van der Waals surface area (Å²) in [5.41, 5.74) is 1.29. The maximum absolute atomic E-state index is 14.2. The van der Waals surface area contributed by atoms with Crippen LogP contribution in [0.1, 0.15) is 22.7 Å². The lowest BCUT2D eigenvalue weighted by atomic mass is 9.93. The van der Waals surface area contributed by atoms with Gasteiger partial charge in [0.15, 0.2) is 0 Å². The molecule has 3 heterocycles. The first-order valence-corrected chi connectivity index (χ1v) is 13.7. The standard InChI is InChI=1S/C32H29F3N6O/c1-39-17-19-40(20-18-39)25-14-12-24(13-15-25)37-31-36-21-23-11-16-28(42)41(30(23)38-31)29(22-7-3-2-4-8-22)26-9-5-6-10-27(26)32(33,34)35/h2-16,21,29H,17-20H2,1H3,(H,36,37,38). The van der Waals surface area contributed by atoms with E-state index >= 15 is 0 Å². The van der Waals surface area contributed by atoms with E-state index in [1.165, 1.54) is 22.8 Å². The molecule has 214 valence electrons. The Morgan fingerprint density at radius 1 is 0.833 bits per heavy atom. The molecule has 1 aliphatic rings. The molecule has 2 aromatic heterocycles. The van der Waals surface area contributed by atoms with E-state index < -0.39 is 23.3 Å². The highest BCUT2D eigenvalue weighted by Crippen LogP contribution is 2.38. The van der Waals surface area contributed by atoms with Gasteiger partial charge in [-0.2, -0.15) is 18.2 Å². The van der Waals surface area contributed by atoms with Gasteiger partial charge < -0.3 is 15.1 Å². The van der Waals surface area contributed by atoms with Gasteiger partial charge in [-0.3, -0.25) is 9.36 Å². The van der Waals surface area contributed by atoms with E-state index in [9.17, 15) is 18.0 Å². The van der Waals surface area contributed by atoms with Gasteiger partial charge in [-0.15, -0.1) is 0 Å². The molecule has 42 heavy (non-hydrogen) atoms. The molecule has 7 nitrogen and oxygen atoms in total. The molecule has 1 N–H and O–H groups in total. The average Bonchev–Trinajstić information content (AvgIpc) is 3.00. The number of nitrogens with zero attached hydrogens (tertiary/aromatic N) is 5. The van der Waals surface area contributed by atoms with Crippen LogP contribution in [0.15, 0.2) is 102 Å². The number of benzene rings is 3. The van der Waals surface area contributed by atoms with Crippen LogP contribution >= 0.6 is 0 Å². The fourth-order valence-electron chi connectivity index (χ4n) is 5.39. The van der Waals surface area contributed by atoms with Crippen molar-refractivity contribution in [3.8, 4) is 0 Å². The summed E-state index contributed by atoms with van der Waals surface area (Å²) in [7, 11) is 2.12. The van der Waals surface area contributed by atoms with Crippen molar-refractivity contribution in [1.29, 1.82) is 0 Å². The molecule has 0 radical (unpaired) electrons. The Labute approximate surface area is 240 Å². The summed E-state index contributed by atoms with van der Waals surface area (Å²) >= 11 is 0. The van der Waals surface area contributed by atoms with Crippen LogP contribution in [-0.4, -0.2) is 52.7 Å². The molecule has 10 heteroatoms. The van der Waals surface area contributed by atoms with Crippen LogP contribution in [0, 0.1) is 0 Å². The fraction of sp³-hybridized carbons (Fsp3) is 0.219. The van der Waals surface area contributed by atoms with Gasteiger partial charge in [0.05, 0.1) is 11.6 Å². The number of aromatic nitrogens is 3. The van der Waals surface area contributed by atoms with E-state index in [2.05, 4.69) is 32.1 Å². The van der Waals surface area contributed by atoms with Crippen molar-refractivity contribution < 1.29 is 13.2 Å². The first-order valence-electron chi connectivity index (χ1n) is 13.7. The molecule has 3 aromatic carbocycles. The number of piperazine rings is 1. The van der Waals surface area contributed by atoms with Crippen molar-refractivity contribution in [2.45, 2.75) is 12.2 Å². The normalized spacial score (nSPS) is 15.1. The lowest BCUT2D eigenvalue weighted by molar-refractivity contribution is -0.138. The minimum Gasteiger partial charge on any atom is -0.369 e. The summed E-state index contributed by atoms with van der Waals surface area (Å²) in [6.07, 6.45) is -3.05. The number of anilines is 3. The Kier molecular flexibility index (Phi) is 7.38. The number of rotatable bonds is 6. The van der Waals surface area contributed by atoms with Gasteiger partial charge in [0.2, 0.25) is 5.95 Å². The van der Waals surface area contributed by atoms with E-state index in [0.717, 1.165) is 43.6 Å². The highest BCUT2D eigenvalue weighted by Gasteiger charge is 2.36. The fourth-order valence-corrected chi connectivity index (χ4v) is 5.39. The highest BCUT2D eigenvalue weighted by atomic mass is 19.4. The quantitative estimate of drug-likeness (QED) is 0.273. The van der Waals surface area contributed by atoms with Crippen LogP contribution in [0.5, 0.6) is 0 Å². The number of likely N-dealkylation sites (N-methyl/N-ethyl adjacent to an activating group) is 1. The van der Waals surface area contributed by atoms with Crippen LogP contribution in [0.3, 0.4) is 0 Å². The second-order valence-electron chi connectivity index (χ2n) is 10.4. The number of hydrogen-bond acceptors (Lipinski definition) is 6. The molecular formula is C32H29F3N6O. The summed E-state index contributed by atoms with van der Waals surface area (Å²) in [5.74, 6) is 0.227. The van der Waals surface area contributed by atoms with Crippen LogP contribution in [-0.2, 0) is 6.18 Å². The van der Waals surface area contributed by atoms with Crippen LogP contribution in [0.2, 0.25) is 0 Å². The smallest absolute Gasteiger partial charge is 0.369 e. The molecule has 1 fully saturated rings. The molecular weight excluding hydrogens is 541 g/mol. The van der Waals surface area contributed by atoms with Crippen LogP contribution in [0.4, 0.5) is 30.5 Å². The maximum Gasteiger partial charge on any atom is 0.416 e. The van der Waals surface area contributed by atoms with Gasteiger partial charge in [-0.25, -0.2) is 4.98 Å². The minimum atomic E-state index is -4.62. The first kappa shape index (κ1) is 27.5. The zero-order valence-electron chi connectivity index (χ0n) is 22.9. The number of fused-ring (bicyclic) bond motifs is 1. The molecule has 1 aliphatic heterocycles. The second kappa shape index (κ2) is 11.3. The molecule has 0 saturated carbocycles. The molecule has 1 unspecified atom stereocenters. The van der Waals surface area contributed by atoms with Gasteiger partial charge >= 0.3 is 6.18 Å². The van der Waals surface area contributed by atoms with E-state index in [1.807, 2.05) is 24.3 Å². The Morgan fingerprint density at radius 3 is 2.24 bits per heavy atom. The van der Waals surface area contributed by atoms with Gasteiger partial charge in [0, 0.05) is 55.2 Å². The Bertz CT molecular complexity index is 1750.